The summed E-state index contributed by atoms with van der Waals surface area (Å²) in [6.45, 7) is 27.1. The third kappa shape index (κ3) is 6.16. The quantitative estimate of drug-likeness (QED) is 0.348. The first-order chi connectivity index (χ1) is 11.5. The zero-order valence-corrected chi connectivity index (χ0v) is 21.5. The molecule has 1 saturated heterocycles. The summed E-state index contributed by atoms with van der Waals surface area (Å²) >= 11 is 0. The lowest BCUT2D eigenvalue weighted by atomic mass is 9.88. The van der Waals surface area contributed by atoms with Crippen LogP contribution in [0.3, 0.4) is 0 Å². The van der Waals surface area contributed by atoms with Crippen LogP contribution in [0.4, 0.5) is 0 Å². The average Bonchev–Trinajstić information content (AvgIpc) is 2.44. The van der Waals surface area contributed by atoms with Crippen molar-refractivity contribution in [1.29, 1.82) is 0 Å². The lowest BCUT2D eigenvalue weighted by Crippen LogP contribution is -2.54. The Morgan fingerprint density at radius 3 is 2.00 bits per heavy atom. The Morgan fingerprint density at radius 1 is 0.962 bits per heavy atom. The molecule has 0 amide bonds. The summed E-state index contributed by atoms with van der Waals surface area (Å²) < 4.78 is 19.5. The predicted octanol–water partition coefficient (Wildman–Crippen LogP) is 6.75. The summed E-state index contributed by atoms with van der Waals surface area (Å²) in [5.74, 6) is 0. The average molecular weight is 403 g/mol. The monoisotopic (exact) mass is 402 g/mol. The second-order valence-electron chi connectivity index (χ2n) is 11.4. The van der Waals surface area contributed by atoms with E-state index >= 15 is 0 Å². The van der Waals surface area contributed by atoms with Crippen LogP contribution >= 0.6 is 0 Å². The van der Waals surface area contributed by atoms with Crippen molar-refractivity contribution in [2.45, 2.75) is 122 Å². The standard InChI is InChI=1S/C21H46O3Si2/c1-19(2,3)25(8,9)23-17-13-15-21(7)18(14-12-16-22-21)24-26(10,11)20(4,5)6/h18H,12-17H2,1-11H3/t18-,21+/m0/s1. The van der Waals surface area contributed by atoms with Gasteiger partial charge >= 0.3 is 0 Å². The van der Waals surface area contributed by atoms with Crippen LogP contribution in [0.5, 0.6) is 0 Å². The second-order valence-corrected chi connectivity index (χ2v) is 20.9. The van der Waals surface area contributed by atoms with Crippen LogP contribution in [0.1, 0.15) is 74.1 Å². The third-order valence-electron chi connectivity index (χ3n) is 7.05. The maximum atomic E-state index is 6.79. The van der Waals surface area contributed by atoms with Gasteiger partial charge in [-0.2, -0.15) is 0 Å². The fourth-order valence-corrected chi connectivity index (χ4v) is 5.41. The maximum Gasteiger partial charge on any atom is 0.192 e. The first-order valence-corrected chi connectivity index (χ1v) is 16.3. The predicted molar refractivity (Wildman–Crippen MR) is 118 cm³/mol. The molecular formula is C21H46O3Si2. The molecule has 0 aromatic carbocycles. The Labute approximate surface area is 165 Å². The van der Waals surface area contributed by atoms with Gasteiger partial charge in [0.05, 0.1) is 11.7 Å². The minimum Gasteiger partial charge on any atom is -0.417 e. The highest BCUT2D eigenvalue weighted by atomic mass is 28.4. The summed E-state index contributed by atoms with van der Waals surface area (Å²) in [4.78, 5) is 0. The smallest absolute Gasteiger partial charge is 0.192 e. The van der Waals surface area contributed by atoms with E-state index in [0.717, 1.165) is 38.9 Å². The highest BCUT2D eigenvalue weighted by molar-refractivity contribution is 6.74. The molecule has 156 valence electrons. The summed E-state index contributed by atoms with van der Waals surface area (Å²) in [6.07, 6.45) is 4.49. The summed E-state index contributed by atoms with van der Waals surface area (Å²) in [6, 6.07) is 0. The highest BCUT2D eigenvalue weighted by Crippen LogP contribution is 2.42. The van der Waals surface area contributed by atoms with E-state index in [4.69, 9.17) is 13.6 Å². The molecule has 0 spiro atoms. The molecule has 0 radical (unpaired) electrons. The van der Waals surface area contributed by atoms with Crippen molar-refractivity contribution < 1.29 is 13.6 Å². The lowest BCUT2D eigenvalue weighted by molar-refractivity contribution is -0.143. The molecule has 26 heavy (non-hydrogen) atoms. The molecule has 5 heteroatoms. The first-order valence-electron chi connectivity index (χ1n) is 10.5. The van der Waals surface area contributed by atoms with E-state index in [-0.39, 0.29) is 21.8 Å². The van der Waals surface area contributed by atoms with E-state index in [1.54, 1.807) is 0 Å². The van der Waals surface area contributed by atoms with Crippen molar-refractivity contribution in [2.75, 3.05) is 13.2 Å². The van der Waals surface area contributed by atoms with Gasteiger partial charge < -0.3 is 13.6 Å². The van der Waals surface area contributed by atoms with Gasteiger partial charge in [-0.25, -0.2) is 0 Å². The maximum absolute atomic E-state index is 6.79. The van der Waals surface area contributed by atoms with Gasteiger partial charge in [0, 0.05) is 13.2 Å². The van der Waals surface area contributed by atoms with Crippen molar-refractivity contribution in [2.24, 2.45) is 0 Å². The van der Waals surface area contributed by atoms with Crippen LogP contribution < -0.4 is 0 Å². The summed E-state index contributed by atoms with van der Waals surface area (Å²) in [5.41, 5.74) is -0.176. The molecule has 1 fully saturated rings. The molecule has 1 aliphatic rings. The van der Waals surface area contributed by atoms with Crippen LogP contribution in [0, 0.1) is 0 Å². The SMILES string of the molecule is CC(C)(C)[Si](C)(C)OCCC[C@@]1(C)OCCC[C@@H]1O[Si](C)(C)C(C)(C)C. The molecule has 0 bridgehead atoms. The normalized spacial score (nSPS) is 26.2. The molecule has 0 unspecified atom stereocenters. The fraction of sp³-hybridized carbons (Fsp3) is 1.00. The van der Waals surface area contributed by atoms with Crippen LogP contribution in [0.2, 0.25) is 36.3 Å². The van der Waals surface area contributed by atoms with Crippen LogP contribution in [0.15, 0.2) is 0 Å². The van der Waals surface area contributed by atoms with Crippen molar-refractivity contribution in [3.63, 3.8) is 0 Å². The van der Waals surface area contributed by atoms with Gasteiger partial charge in [0.1, 0.15) is 0 Å². The van der Waals surface area contributed by atoms with Crippen molar-refractivity contribution >= 4 is 16.6 Å². The van der Waals surface area contributed by atoms with E-state index in [1.807, 2.05) is 0 Å². The van der Waals surface area contributed by atoms with Gasteiger partial charge in [0.2, 0.25) is 0 Å². The molecule has 1 heterocycles. The van der Waals surface area contributed by atoms with E-state index in [9.17, 15) is 0 Å². The van der Waals surface area contributed by atoms with Crippen LogP contribution in [0.25, 0.3) is 0 Å². The van der Waals surface area contributed by atoms with Crippen molar-refractivity contribution in [3.05, 3.63) is 0 Å². The van der Waals surface area contributed by atoms with Gasteiger partial charge in [-0.1, -0.05) is 41.5 Å². The molecule has 3 nitrogen and oxygen atoms in total. The first kappa shape index (κ1) is 24.4. The van der Waals surface area contributed by atoms with Gasteiger partial charge in [-0.15, -0.1) is 0 Å². The molecule has 0 saturated carbocycles. The molecule has 1 rings (SSSR count). The molecular weight excluding hydrogens is 356 g/mol. The van der Waals surface area contributed by atoms with Gasteiger partial charge in [-0.05, 0) is 68.9 Å². The summed E-state index contributed by atoms with van der Waals surface area (Å²) in [7, 11) is -3.45. The van der Waals surface area contributed by atoms with E-state index in [2.05, 4.69) is 74.7 Å². The zero-order chi connectivity index (χ0) is 20.4. The van der Waals surface area contributed by atoms with Gasteiger partial charge in [0.15, 0.2) is 16.6 Å². The Morgan fingerprint density at radius 2 is 1.50 bits per heavy atom. The largest absolute Gasteiger partial charge is 0.417 e. The molecule has 1 aliphatic heterocycles. The highest BCUT2D eigenvalue weighted by Gasteiger charge is 2.46. The van der Waals surface area contributed by atoms with E-state index in [0.29, 0.717) is 0 Å². The molecule has 0 aromatic rings. The van der Waals surface area contributed by atoms with Gasteiger partial charge in [0.25, 0.3) is 0 Å². The molecule has 0 aliphatic carbocycles. The van der Waals surface area contributed by atoms with E-state index in [1.165, 1.54) is 0 Å². The van der Waals surface area contributed by atoms with Crippen molar-refractivity contribution in [3.8, 4) is 0 Å². The Balaban J connectivity index is 2.67. The number of ether oxygens (including phenoxy) is 1. The van der Waals surface area contributed by atoms with E-state index < -0.39 is 16.6 Å². The molecule has 2 atom stereocenters. The number of rotatable bonds is 7. The van der Waals surface area contributed by atoms with Crippen LogP contribution in [-0.4, -0.2) is 41.6 Å². The van der Waals surface area contributed by atoms with Crippen molar-refractivity contribution in [1.82, 2.24) is 0 Å². The Kier molecular flexibility index (Phi) is 7.83. The Bertz CT molecular complexity index is 449. The number of hydrogen-bond donors (Lipinski definition) is 0. The minimum absolute atomic E-state index is 0.176. The fourth-order valence-electron chi connectivity index (χ4n) is 2.89. The minimum atomic E-state index is -1.79. The third-order valence-corrected chi connectivity index (χ3v) is 16.1. The Hall–Kier alpha value is 0.314. The summed E-state index contributed by atoms with van der Waals surface area (Å²) in [5, 5.41) is 0.503. The molecule has 0 N–H and O–H groups in total. The number of hydrogen-bond acceptors (Lipinski definition) is 3. The topological polar surface area (TPSA) is 27.7 Å². The van der Waals surface area contributed by atoms with Crippen LogP contribution in [-0.2, 0) is 13.6 Å². The molecule has 0 aromatic heterocycles. The zero-order valence-electron chi connectivity index (χ0n) is 19.5. The second kappa shape index (κ2) is 8.36. The lowest BCUT2D eigenvalue weighted by Gasteiger charge is -2.47. The van der Waals surface area contributed by atoms with Gasteiger partial charge in [-0.3, -0.25) is 0 Å².